The van der Waals surface area contributed by atoms with Gasteiger partial charge >= 0.3 is 0 Å². The first kappa shape index (κ1) is 11.7. The number of nitrogens with zero attached hydrogens (tertiary/aromatic N) is 3. The number of pyridine rings is 1. The summed E-state index contributed by atoms with van der Waals surface area (Å²) in [5, 5.41) is 11.8. The molecule has 1 aromatic heterocycles. The lowest BCUT2D eigenvalue weighted by atomic mass is 9.99. The molecule has 1 unspecified atom stereocenters. The average Bonchev–Trinajstić information content (AvgIpc) is 2.38. The van der Waals surface area contributed by atoms with Crippen LogP contribution < -0.4 is 10.6 Å². The quantitative estimate of drug-likeness (QED) is 0.351. The number of rotatable bonds is 2. The predicted octanol–water partition coefficient (Wildman–Crippen LogP) is 1.41. The van der Waals surface area contributed by atoms with Crippen molar-refractivity contribution in [2.75, 3.05) is 18.0 Å². The third kappa shape index (κ3) is 2.49. The molecule has 2 rings (SSSR count). The molecular formula is C12H18N4O. The highest BCUT2D eigenvalue weighted by atomic mass is 16.4. The molecule has 0 spiro atoms. The molecule has 0 radical (unpaired) electrons. The fraction of sp³-hybridized carbons (Fsp3) is 0.500. The molecule has 5 heteroatoms. The number of amidine groups is 1. The number of piperidine rings is 1. The second-order valence-corrected chi connectivity index (χ2v) is 4.55. The molecule has 1 fully saturated rings. The second kappa shape index (κ2) is 5.03. The Labute approximate surface area is 101 Å². The molecule has 1 aliphatic rings. The van der Waals surface area contributed by atoms with Crippen LogP contribution >= 0.6 is 0 Å². The van der Waals surface area contributed by atoms with Crippen molar-refractivity contribution in [1.82, 2.24) is 4.98 Å². The molecule has 1 aliphatic heterocycles. The van der Waals surface area contributed by atoms with Gasteiger partial charge in [-0.3, -0.25) is 4.98 Å². The molecule has 0 aromatic carbocycles. The summed E-state index contributed by atoms with van der Waals surface area (Å²) in [5.74, 6) is 0.739. The van der Waals surface area contributed by atoms with Crippen LogP contribution in [0.25, 0.3) is 0 Å². The van der Waals surface area contributed by atoms with Gasteiger partial charge in [-0.05, 0) is 30.9 Å². The number of nitrogens with two attached hydrogens (primary N) is 1. The Kier molecular flexibility index (Phi) is 3.46. The van der Waals surface area contributed by atoms with Crippen LogP contribution in [0.4, 0.5) is 5.69 Å². The summed E-state index contributed by atoms with van der Waals surface area (Å²) in [6, 6.07) is 3.85. The lowest BCUT2D eigenvalue weighted by Gasteiger charge is -2.33. The maximum Gasteiger partial charge on any atom is 0.190 e. The van der Waals surface area contributed by atoms with Crippen molar-refractivity contribution in [2.45, 2.75) is 19.8 Å². The van der Waals surface area contributed by atoms with Gasteiger partial charge in [-0.15, -0.1) is 0 Å². The van der Waals surface area contributed by atoms with Gasteiger partial charge in [0.1, 0.15) is 5.69 Å². The zero-order valence-corrected chi connectivity index (χ0v) is 10.0. The zero-order valence-electron chi connectivity index (χ0n) is 10.0. The van der Waals surface area contributed by atoms with Gasteiger partial charge in [0, 0.05) is 19.3 Å². The van der Waals surface area contributed by atoms with Crippen molar-refractivity contribution in [1.29, 1.82) is 0 Å². The summed E-state index contributed by atoms with van der Waals surface area (Å²) in [5.41, 5.74) is 7.16. The van der Waals surface area contributed by atoms with E-state index in [1.54, 1.807) is 6.20 Å². The van der Waals surface area contributed by atoms with Gasteiger partial charge in [0.15, 0.2) is 5.84 Å². The summed E-state index contributed by atoms with van der Waals surface area (Å²) in [4.78, 5) is 6.45. The fourth-order valence-corrected chi connectivity index (χ4v) is 2.30. The van der Waals surface area contributed by atoms with E-state index in [1.807, 2.05) is 12.1 Å². The Morgan fingerprint density at radius 2 is 2.47 bits per heavy atom. The number of hydrogen-bond acceptors (Lipinski definition) is 4. The summed E-state index contributed by atoms with van der Waals surface area (Å²) >= 11 is 0. The monoisotopic (exact) mass is 234 g/mol. The van der Waals surface area contributed by atoms with E-state index in [9.17, 15) is 0 Å². The predicted molar refractivity (Wildman–Crippen MR) is 67.4 cm³/mol. The Bertz CT molecular complexity index is 419. The number of anilines is 1. The van der Waals surface area contributed by atoms with E-state index in [1.165, 1.54) is 12.8 Å². The average molecular weight is 234 g/mol. The molecule has 0 aliphatic carbocycles. The molecule has 1 saturated heterocycles. The normalized spacial score (nSPS) is 21.6. The van der Waals surface area contributed by atoms with Crippen LogP contribution in [0.1, 0.15) is 25.5 Å². The maximum absolute atomic E-state index is 8.77. The fourth-order valence-electron chi connectivity index (χ4n) is 2.30. The Morgan fingerprint density at radius 3 is 3.18 bits per heavy atom. The molecule has 0 amide bonds. The largest absolute Gasteiger partial charge is 0.409 e. The van der Waals surface area contributed by atoms with Crippen LogP contribution in [-0.4, -0.2) is 29.1 Å². The van der Waals surface area contributed by atoms with Crippen molar-refractivity contribution in [3.8, 4) is 0 Å². The van der Waals surface area contributed by atoms with Gasteiger partial charge in [0.05, 0.1) is 5.69 Å². The van der Waals surface area contributed by atoms with E-state index < -0.39 is 0 Å². The Balaban J connectivity index is 2.31. The lowest BCUT2D eigenvalue weighted by Crippen LogP contribution is -2.36. The third-order valence-corrected chi connectivity index (χ3v) is 3.13. The van der Waals surface area contributed by atoms with E-state index in [0.29, 0.717) is 11.6 Å². The van der Waals surface area contributed by atoms with Crippen LogP contribution in [0.5, 0.6) is 0 Å². The van der Waals surface area contributed by atoms with Crippen LogP contribution in [0.3, 0.4) is 0 Å². The summed E-state index contributed by atoms with van der Waals surface area (Å²) in [6.45, 7) is 4.24. The maximum atomic E-state index is 8.77. The van der Waals surface area contributed by atoms with Crippen molar-refractivity contribution in [3.63, 3.8) is 0 Å². The molecule has 5 nitrogen and oxygen atoms in total. The first-order valence-electron chi connectivity index (χ1n) is 5.90. The van der Waals surface area contributed by atoms with Gasteiger partial charge in [0.25, 0.3) is 0 Å². The lowest BCUT2D eigenvalue weighted by molar-refractivity contribution is 0.318. The van der Waals surface area contributed by atoms with Crippen LogP contribution in [0, 0.1) is 5.92 Å². The number of oxime groups is 1. The standard InChI is InChI=1S/C12H18N4O/c1-9-4-3-7-16(8-9)10-5-2-6-14-11(10)12(13)15-17/h2,5-6,9,17H,3-4,7-8H2,1H3,(H2,13,15). The minimum absolute atomic E-state index is 0.0684. The topological polar surface area (TPSA) is 74.7 Å². The number of aromatic nitrogens is 1. The SMILES string of the molecule is CC1CCCN(c2cccnc2/C(N)=N/O)C1. The second-order valence-electron chi connectivity index (χ2n) is 4.55. The molecule has 0 bridgehead atoms. The van der Waals surface area contributed by atoms with Crippen molar-refractivity contribution in [2.24, 2.45) is 16.8 Å². The summed E-state index contributed by atoms with van der Waals surface area (Å²) in [6.07, 6.45) is 4.09. The summed E-state index contributed by atoms with van der Waals surface area (Å²) in [7, 11) is 0. The molecule has 1 atom stereocenters. The molecule has 3 N–H and O–H groups in total. The van der Waals surface area contributed by atoms with Crippen LogP contribution in [0.2, 0.25) is 0 Å². The smallest absolute Gasteiger partial charge is 0.190 e. The first-order chi connectivity index (χ1) is 8.22. The van der Waals surface area contributed by atoms with Crippen LogP contribution in [0.15, 0.2) is 23.5 Å². The van der Waals surface area contributed by atoms with Gasteiger partial charge in [0.2, 0.25) is 0 Å². The highest BCUT2D eigenvalue weighted by molar-refractivity contribution is 6.00. The highest BCUT2D eigenvalue weighted by Crippen LogP contribution is 2.24. The third-order valence-electron chi connectivity index (χ3n) is 3.13. The molecule has 92 valence electrons. The van der Waals surface area contributed by atoms with E-state index >= 15 is 0 Å². The Hall–Kier alpha value is -1.78. The zero-order chi connectivity index (χ0) is 12.3. The van der Waals surface area contributed by atoms with Crippen molar-refractivity contribution in [3.05, 3.63) is 24.0 Å². The molecule has 0 saturated carbocycles. The first-order valence-corrected chi connectivity index (χ1v) is 5.90. The van der Waals surface area contributed by atoms with Gasteiger partial charge in [-0.2, -0.15) is 0 Å². The Morgan fingerprint density at radius 1 is 1.65 bits per heavy atom. The van der Waals surface area contributed by atoms with Gasteiger partial charge in [-0.1, -0.05) is 12.1 Å². The van der Waals surface area contributed by atoms with E-state index in [4.69, 9.17) is 10.9 Å². The van der Waals surface area contributed by atoms with Crippen molar-refractivity contribution < 1.29 is 5.21 Å². The minimum atomic E-state index is 0.0684. The van der Waals surface area contributed by atoms with Gasteiger partial charge in [-0.25, -0.2) is 0 Å². The van der Waals surface area contributed by atoms with Crippen LogP contribution in [-0.2, 0) is 0 Å². The molecule has 2 heterocycles. The van der Waals surface area contributed by atoms with E-state index in [2.05, 4.69) is 22.0 Å². The highest BCUT2D eigenvalue weighted by Gasteiger charge is 2.20. The minimum Gasteiger partial charge on any atom is -0.409 e. The van der Waals surface area contributed by atoms with E-state index in [0.717, 1.165) is 18.8 Å². The molecule has 1 aromatic rings. The summed E-state index contributed by atoms with van der Waals surface area (Å²) < 4.78 is 0. The van der Waals surface area contributed by atoms with Gasteiger partial charge < -0.3 is 15.8 Å². The number of hydrogen-bond donors (Lipinski definition) is 2. The van der Waals surface area contributed by atoms with E-state index in [-0.39, 0.29) is 5.84 Å². The molecule has 17 heavy (non-hydrogen) atoms. The molecular weight excluding hydrogens is 216 g/mol. The van der Waals surface area contributed by atoms with Crippen molar-refractivity contribution >= 4 is 11.5 Å².